The van der Waals surface area contributed by atoms with Crippen molar-refractivity contribution >= 4 is 11.5 Å². The molecule has 0 spiro atoms. The van der Waals surface area contributed by atoms with Crippen LogP contribution in [0.1, 0.15) is 12.0 Å². The van der Waals surface area contributed by atoms with Gasteiger partial charge in [0.2, 0.25) is 0 Å². The van der Waals surface area contributed by atoms with Gasteiger partial charge in [0.25, 0.3) is 0 Å². The van der Waals surface area contributed by atoms with Crippen LogP contribution in [0.3, 0.4) is 0 Å². The molecular formula is C13H16N2O2. The number of rotatable bonds is 5. The molecule has 90 valence electrons. The Labute approximate surface area is 101 Å². The monoisotopic (exact) mass is 232 g/mol. The first kappa shape index (κ1) is 13.0. The number of likely N-dealkylation sites (N-methyl/N-ethyl adjacent to an activating group) is 1. The number of hydrogen-bond donors (Lipinski definition) is 0. The zero-order chi connectivity index (χ0) is 12.8. The minimum Gasteiger partial charge on any atom is -0.496 e. The maximum Gasteiger partial charge on any atom is 0.166 e. The molecule has 4 nitrogen and oxygen atoms in total. The largest absolute Gasteiger partial charge is 0.496 e. The van der Waals surface area contributed by atoms with Gasteiger partial charge in [-0.1, -0.05) is 0 Å². The van der Waals surface area contributed by atoms with E-state index >= 15 is 0 Å². The molecule has 4 heteroatoms. The molecule has 17 heavy (non-hydrogen) atoms. The molecule has 1 aromatic rings. The van der Waals surface area contributed by atoms with Gasteiger partial charge in [0, 0.05) is 12.7 Å². The van der Waals surface area contributed by atoms with Gasteiger partial charge < -0.3 is 9.64 Å². The molecule has 0 aliphatic carbocycles. The van der Waals surface area contributed by atoms with E-state index in [1.54, 1.807) is 7.11 Å². The Balaban J connectivity index is 2.76. The number of aryl methyl sites for hydroxylation is 1. The SMILES string of the molecule is COc1ccc(N(C)CC(=O)CC#N)cc1C. The van der Waals surface area contributed by atoms with Gasteiger partial charge in [-0.05, 0) is 30.7 Å². The van der Waals surface area contributed by atoms with Gasteiger partial charge in [-0.3, -0.25) is 4.79 Å². The number of methoxy groups -OCH3 is 1. The van der Waals surface area contributed by atoms with Crippen LogP contribution in [-0.4, -0.2) is 26.5 Å². The first-order valence-electron chi connectivity index (χ1n) is 5.33. The van der Waals surface area contributed by atoms with Crippen molar-refractivity contribution in [2.24, 2.45) is 0 Å². The number of ether oxygens (including phenoxy) is 1. The number of Topliss-reactive ketones (excluding diaryl/α,β-unsaturated/α-hetero) is 1. The molecule has 0 aliphatic heterocycles. The highest BCUT2D eigenvalue weighted by atomic mass is 16.5. The summed E-state index contributed by atoms with van der Waals surface area (Å²) < 4.78 is 5.17. The molecule has 0 saturated carbocycles. The molecule has 0 fully saturated rings. The summed E-state index contributed by atoms with van der Waals surface area (Å²) >= 11 is 0. The molecule has 0 aliphatic rings. The summed E-state index contributed by atoms with van der Waals surface area (Å²) in [5.41, 5.74) is 1.96. The van der Waals surface area contributed by atoms with Crippen LogP contribution in [0.25, 0.3) is 0 Å². The second-order valence-corrected chi connectivity index (χ2v) is 3.88. The smallest absolute Gasteiger partial charge is 0.166 e. The number of nitrogens with zero attached hydrogens (tertiary/aromatic N) is 2. The number of nitriles is 1. The first-order chi connectivity index (χ1) is 8.08. The highest BCUT2D eigenvalue weighted by Crippen LogP contribution is 2.23. The highest BCUT2D eigenvalue weighted by Gasteiger charge is 2.08. The number of carbonyl (C=O) groups excluding carboxylic acids is 1. The van der Waals surface area contributed by atoms with Crippen molar-refractivity contribution in [2.75, 3.05) is 25.6 Å². The van der Waals surface area contributed by atoms with E-state index < -0.39 is 0 Å². The fourth-order valence-corrected chi connectivity index (χ4v) is 1.60. The van der Waals surface area contributed by atoms with Gasteiger partial charge in [-0.15, -0.1) is 0 Å². The molecule has 0 saturated heterocycles. The second-order valence-electron chi connectivity index (χ2n) is 3.88. The van der Waals surface area contributed by atoms with Crippen molar-refractivity contribution in [2.45, 2.75) is 13.3 Å². The number of anilines is 1. The Kier molecular flexibility index (Phi) is 4.53. The van der Waals surface area contributed by atoms with E-state index in [1.165, 1.54) is 0 Å². The lowest BCUT2D eigenvalue weighted by atomic mass is 10.2. The van der Waals surface area contributed by atoms with E-state index in [4.69, 9.17) is 10.00 Å². The van der Waals surface area contributed by atoms with Crippen LogP contribution < -0.4 is 9.64 Å². The Morgan fingerprint density at radius 2 is 2.24 bits per heavy atom. The van der Waals surface area contributed by atoms with Crippen LogP contribution in [0.4, 0.5) is 5.69 Å². The van der Waals surface area contributed by atoms with Crippen LogP contribution in [-0.2, 0) is 4.79 Å². The fraction of sp³-hybridized carbons (Fsp3) is 0.385. The second kappa shape index (κ2) is 5.90. The van der Waals surface area contributed by atoms with Gasteiger partial charge in [0.1, 0.15) is 5.75 Å². The lowest BCUT2D eigenvalue weighted by Gasteiger charge is -2.19. The summed E-state index contributed by atoms with van der Waals surface area (Å²) in [4.78, 5) is 13.2. The van der Waals surface area contributed by atoms with E-state index in [0.29, 0.717) is 0 Å². The van der Waals surface area contributed by atoms with Crippen molar-refractivity contribution in [3.8, 4) is 11.8 Å². The average molecular weight is 232 g/mol. The lowest BCUT2D eigenvalue weighted by molar-refractivity contribution is -0.116. The first-order valence-corrected chi connectivity index (χ1v) is 5.33. The van der Waals surface area contributed by atoms with Crippen LogP contribution in [0.2, 0.25) is 0 Å². The van der Waals surface area contributed by atoms with Crippen molar-refractivity contribution < 1.29 is 9.53 Å². The molecule has 0 heterocycles. The van der Waals surface area contributed by atoms with Gasteiger partial charge in [-0.25, -0.2) is 0 Å². The average Bonchev–Trinajstić information content (AvgIpc) is 2.29. The normalized spacial score (nSPS) is 9.53. The molecule has 0 amide bonds. The minimum absolute atomic E-state index is 0.0422. The quantitative estimate of drug-likeness (QED) is 0.778. The van der Waals surface area contributed by atoms with Crippen LogP contribution in [0, 0.1) is 18.3 Å². The third kappa shape index (κ3) is 3.49. The summed E-state index contributed by atoms with van der Waals surface area (Å²) in [5, 5.41) is 8.43. The Morgan fingerprint density at radius 1 is 1.53 bits per heavy atom. The summed E-state index contributed by atoms with van der Waals surface area (Å²) in [6.45, 7) is 2.20. The molecule has 0 atom stereocenters. The number of carbonyl (C=O) groups is 1. The third-order valence-electron chi connectivity index (χ3n) is 2.51. The van der Waals surface area contributed by atoms with Crippen molar-refractivity contribution in [1.82, 2.24) is 0 Å². The molecule has 0 bridgehead atoms. The van der Waals surface area contributed by atoms with Crippen molar-refractivity contribution in [3.63, 3.8) is 0 Å². The van der Waals surface area contributed by atoms with Crippen molar-refractivity contribution in [1.29, 1.82) is 5.26 Å². The number of hydrogen-bond acceptors (Lipinski definition) is 4. The van der Waals surface area contributed by atoms with Crippen molar-refractivity contribution in [3.05, 3.63) is 23.8 Å². The third-order valence-corrected chi connectivity index (χ3v) is 2.51. The summed E-state index contributed by atoms with van der Waals surface area (Å²) in [6.07, 6.45) is -0.0422. The van der Waals surface area contributed by atoms with Crippen LogP contribution >= 0.6 is 0 Å². The van der Waals surface area contributed by atoms with E-state index in [9.17, 15) is 4.79 Å². The molecule has 0 unspecified atom stereocenters. The summed E-state index contributed by atoms with van der Waals surface area (Å²) in [6, 6.07) is 7.58. The summed E-state index contributed by atoms with van der Waals surface area (Å²) in [7, 11) is 3.46. The fourth-order valence-electron chi connectivity index (χ4n) is 1.60. The maximum absolute atomic E-state index is 11.3. The number of ketones is 1. The standard InChI is InChI=1S/C13H16N2O2/c1-10-8-11(4-5-13(10)17-3)15(2)9-12(16)6-7-14/h4-5,8H,6,9H2,1-3H3. The van der Waals surface area contributed by atoms with Crippen LogP contribution in [0.5, 0.6) is 5.75 Å². The van der Waals surface area contributed by atoms with Gasteiger partial charge >= 0.3 is 0 Å². The molecule has 1 rings (SSSR count). The van der Waals surface area contributed by atoms with E-state index in [0.717, 1.165) is 17.0 Å². The van der Waals surface area contributed by atoms with E-state index in [1.807, 2.05) is 43.1 Å². The number of benzene rings is 1. The predicted octanol–water partition coefficient (Wildman–Crippen LogP) is 1.92. The topological polar surface area (TPSA) is 53.3 Å². The zero-order valence-corrected chi connectivity index (χ0v) is 10.4. The van der Waals surface area contributed by atoms with Crippen LogP contribution in [0.15, 0.2) is 18.2 Å². The van der Waals surface area contributed by atoms with E-state index in [-0.39, 0.29) is 18.7 Å². The van der Waals surface area contributed by atoms with Gasteiger partial charge in [0.05, 0.1) is 26.1 Å². The maximum atomic E-state index is 11.3. The molecule has 0 radical (unpaired) electrons. The highest BCUT2D eigenvalue weighted by molar-refractivity contribution is 5.85. The minimum atomic E-state index is -0.0801. The van der Waals surface area contributed by atoms with Gasteiger partial charge in [0.15, 0.2) is 5.78 Å². The van der Waals surface area contributed by atoms with E-state index in [2.05, 4.69) is 0 Å². The molecule has 1 aromatic carbocycles. The molecular weight excluding hydrogens is 216 g/mol. The predicted molar refractivity (Wildman–Crippen MR) is 66.2 cm³/mol. The zero-order valence-electron chi connectivity index (χ0n) is 10.4. The Morgan fingerprint density at radius 3 is 2.76 bits per heavy atom. The Hall–Kier alpha value is -2.02. The molecule has 0 N–H and O–H groups in total. The molecule has 0 aromatic heterocycles. The Bertz CT molecular complexity index is 449. The summed E-state index contributed by atoms with van der Waals surface area (Å²) in [5.74, 6) is 0.744. The van der Waals surface area contributed by atoms with Gasteiger partial charge in [-0.2, -0.15) is 5.26 Å². The lowest BCUT2D eigenvalue weighted by Crippen LogP contribution is -2.25.